The molecular formula is C9H11NO2. The van der Waals surface area contributed by atoms with Crippen LogP contribution in [0.15, 0.2) is 24.3 Å². The highest BCUT2D eigenvalue weighted by Crippen LogP contribution is 2.09. The Hall–Kier alpha value is -1.51. The Kier molecular flexibility index (Phi) is 2.69. The molecule has 0 aliphatic carbocycles. The first-order valence-corrected chi connectivity index (χ1v) is 3.71. The maximum absolute atomic E-state index is 10.9. The second kappa shape index (κ2) is 3.76. The van der Waals surface area contributed by atoms with E-state index in [0.717, 1.165) is 5.56 Å². The van der Waals surface area contributed by atoms with Gasteiger partial charge in [0.05, 0.1) is 6.42 Å². The van der Waals surface area contributed by atoms with Crippen LogP contribution in [-0.2, 0) is 11.2 Å². The highest BCUT2D eigenvalue weighted by molar-refractivity contribution is 5.78. The van der Waals surface area contributed by atoms with E-state index < -0.39 is 0 Å². The summed E-state index contributed by atoms with van der Waals surface area (Å²) in [5.74, 6) is 0.191. The van der Waals surface area contributed by atoms with Crippen LogP contribution in [0.25, 0.3) is 0 Å². The van der Waals surface area contributed by atoms with E-state index in [1.54, 1.807) is 31.3 Å². The predicted octanol–water partition coefficient (Wildman–Crippen LogP) is 0.681. The van der Waals surface area contributed by atoms with Crippen LogP contribution >= 0.6 is 0 Å². The summed E-state index contributed by atoms with van der Waals surface area (Å²) < 4.78 is 0. The van der Waals surface area contributed by atoms with Crippen molar-refractivity contribution in [1.82, 2.24) is 5.32 Å². The average Bonchev–Trinajstić information content (AvgIpc) is 2.09. The van der Waals surface area contributed by atoms with E-state index in [0.29, 0.717) is 6.42 Å². The van der Waals surface area contributed by atoms with Crippen molar-refractivity contribution in [2.45, 2.75) is 6.42 Å². The van der Waals surface area contributed by atoms with Crippen LogP contribution in [0.2, 0.25) is 0 Å². The molecule has 1 rings (SSSR count). The lowest BCUT2D eigenvalue weighted by molar-refractivity contribution is -0.119. The molecule has 1 aromatic carbocycles. The molecule has 12 heavy (non-hydrogen) atoms. The second-order valence-electron chi connectivity index (χ2n) is 2.52. The fourth-order valence-electron chi connectivity index (χ4n) is 0.888. The molecule has 0 aliphatic rings. The second-order valence-corrected chi connectivity index (χ2v) is 2.52. The molecule has 0 aromatic heterocycles. The number of benzene rings is 1. The van der Waals surface area contributed by atoms with Crippen LogP contribution in [0.4, 0.5) is 0 Å². The molecule has 2 N–H and O–H groups in total. The fourth-order valence-corrected chi connectivity index (χ4v) is 0.888. The quantitative estimate of drug-likeness (QED) is 0.677. The van der Waals surface area contributed by atoms with E-state index in [2.05, 4.69) is 5.32 Å². The van der Waals surface area contributed by atoms with E-state index in [4.69, 9.17) is 5.11 Å². The van der Waals surface area contributed by atoms with Gasteiger partial charge in [-0.2, -0.15) is 0 Å². The number of carbonyl (C=O) groups excluding carboxylic acids is 1. The Morgan fingerprint density at radius 2 is 2.00 bits per heavy atom. The molecular weight excluding hydrogens is 154 g/mol. The Bertz CT molecular complexity index is 266. The minimum Gasteiger partial charge on any atom is -0.508 e. The fraction of sp³-hybridized carbons (Fsp3) is 0.222. The number of phenols is 1. The number of carbonyl (C=O) groups is 1. The number of likely N-dealkylation sites (N-methyl/N-ethyl adjacent to an activating group) is 1. The van der Waals surface area contributed by atoms with E-state index in [9.17, 15) is 4.79 Å². The molecule has 1 aromatic rings. The summed E-state index contributed by atoms with van der Waals surface area (Å²) in [4.78, 5) is 10.9. The van der Waals surface area contributed by atoms with E-state index >= 15 is 0 Å². The van der Waals surface area contributed by atoms with E-state index in [-0.39, 0.29) is 11.7 Å². The summed E-state index contributed by atoms with van der Waals surface area (Å²) in [5.41, 5.74) is 0.896. The molecule has 0 radical (unpaired) electrons. The summed E-state index contributed by atoms with van der Waals surface area (Å²) in [7, 11) is 1.60. The Labute approximate surface area is 71.0 Å². The van der Waals surface area contributed by atoms with Crippen molar-refractivity contribution in [3.8, 4) is 5.75 Å². The highest BCUT2D eigenvalue weighted by atomic mass is 16.3. The van der Waals surface area contributed by atoms with Crippen LogP contribution in [0.3, 0.4) is 0 Å². The van der Waals surface area contributed by atoms with Gasteiger partial charge in [-0.05, 0) is 17.7 Å². The van der Waals surface area contributed by atoms with E-state index in [1.165, 1.54) is 0 Å². The van der Waals surface area contributed by atoms with Gasteiger partial charge in [0.2, 0.25) is 5.91 Å². The number of amides is 1. The number of hydrogen-bond acceptors (Lipinski definition) is 2. The summed E-state index contributed by atoms with van der Waals surface area (Å²) in [5, 5.41) is 11.5. The molecule has 0 saturated heterocycles. The van der Waals surface area contributed by atoms with Crippen LogP contribution < -0.4 is 5.32 Å². The maximum Gasteiger partial charge on any atom is 0.224 e. The van der Waals surface area contributed by atoms with Gasteiger partial charge in [0.1, 0.15) is 5.75 Å². The smallest absolute Gasteiger partial charge is 0.224 e. The van der Waals surface area contributed by atoms with Gasteiger partial charge in [-0.3, -0.25) is 4.79 Å². The van der Waals surface area contributed by atoms with Gasteiger partial charge in [-0.1, -0.05) is 12.1 Å². The molecule has 0 fully saturated rings. The zero-order valence-electron chi connectivity index (χ0n) is 6.87. The number of rotatable bonds is 2. The summed E-state index contributed by atoms with van der Waals surface area (Å²) in [6.45, 7) is 0. The summed E-state index contributed by atoms with van der Waals surface area (Å²) >= 11 is 0. The SMILES string of the molecule is CNC(=O)Cc1ccc(O)cc1. The first-order valence-electron chi connectivity index (χ1n) is 3.71. The normalized spacial score (nSPS) is 9.42. The number of hydrogen-bond donors (Lipinski definition) is 2. The van der Waals surface area contributed by atoms with Crippen molar-refractivity contribution in [3.63, 3.8) is 0 Å². The molecule has 0 saturated carbocycles. The first kappa shape index (κ1) is 8.59. The predicted molar refractivity (Wildman–Crippen MR) is 45.9 cm³/mol. The minimum atomic E-state index is -0.0271. The third-order valence-electron chi connectivity index (χ3n) is 1.58. The van der Waals surface area contributed by atoms with Gasteiger partial charge >= 0.3 is 0 Å². The van der Waals surface area contributed by atoms with Gasteiger partial charge in [-0.25, -0.2) is 0 Å². The molecule has 1 amide bonds. The van der Waals surface area contributed by atoms with Crippen molar-refractivity contribution < 1.29 is 9.90 Å². The van der Waals surface area contributed by atoms with Crippen LogP contribution in [0.1, 0.15) is 5.56 Å². The molecule has 0 aliphatic heterocycles. The average molecular weight is 165 g/mol. The molecule has 0 bridgehead atoms. The van der Waals surface area contributed by atoms with Gasteiger partial charge in [0.25, 0.3) is 0 Å². The summed E-state index contributed by atoms with van der Waals surface area (Å²) in [6.07, 6.45) is 0.358. The molecule has 64 valence electrons. The zero-order chi connectivity index (χ0) is 8.97. The van der Waals surface area contributed by atoms with E-state index in [1.807, 2.05) is 0 Å². The Morgan fingerprint density at radius 3 is 2.50 bits per heavy atom. The first-order chi connectivity index (χ1) is 5.72. The summed E-state index contributed by atoms with van der Waals surface area (Å²) in [6, 6.07) is 6.59. The molecule has 3 heteroatoms. The monoisotopic (exact) mass is 165 g/mol. The van der Waals surface area contributed by atoms with Crippen LogP contribution in [-0.4, -0.2) is 18.1 Å². The van der Waals surface area contributed by atoms with Crippen molar-refractivity contribution in [2.75, 3.05) is 7.05 Å². The highest BCUT2D eigenvalue weighted by Gasteiger charge is 1.99. The third kappa shape index (κ3) is 2.27. The van der Waals surface area contributed by atoms with Crippen molar-refractivity contribution in [1.29, 1.82) is 0 Å². The largest absolute Gasteiger partial charge is 0.508 e. The van der Waals surface area contributed by atoms with Crippen LogP contribution in [0.5, 0.6) is 5.75 Å². The number of phenolic OH excluding ortho intramolecular Hbond substituents is 1. The topological polar surface area (TPSA) is 49.3 Å². The van der Waals surface area contributed by atoms with Gasteiger partial charge in [0, 0.05) is 7.05 Å². The Balaban J connectivity index is 2.64. The minimum absolute atomic E-state index is 0.0271. The Morgan fingerprint density at radius 1 is 1.42 bits per heavy atom. The molecule has 0 spiro atoms. The molecule has 0 heterocycles. The van der Waals surface area contributed by atoms with Gasteiger partial charge in [0.15, 0.2) is 0 Å². The number of nitrogens with one attached hydrogen (secondary N) is 1. The molecule has 0 atom stereocenters. The lowest BCUT2D eigenvalue weighted by Gasteiger charge is -1.99. The molecule has 0 unspecified atom stereocenters. The number of aromatic hydroxyl groups is 1. The lowest BCUT2D eigenvalue weighted by atomic mass is 10.1. The standard InChI is InChI=1S/C9H11NO2/c1-10-9(12)6-7-2-4-8(11)5-3-7/h2-5,11H,6H2,1H3,(H,10,12). The maximum atomic E-state index is 10.9. The third-order valence-corrected chi connectivity index (χ3v) is 1.58. The van der Waals surface area contributed by atoms with Gasteiger partial charge in [-0.15, -0.1) is 0 Å². The van der Waals surface area contributed by atoms with Gasteiger partial charge < -0.3 is 10.4 Å². The zero-order valence-corrected chi connectivity index (χ0v) is 6.87. The van der Waals surface area contributed by atoms with Crippen molar-refractivity contribution in [2.24, 2.45) is 0 Å². The van der Waals surface area contributed by atoms with Crippen molar-refractivity contribution >= 4 is 5.91 Å². The lowest BCUT2D eigenvalue weighted by Crippen LogP contribution is -2.19. The van der Waals surface area contributed by atoms with Crippen LogP contribution in [0, 0.1) is 0 Å². The molecule has 3 nitrogen and oxygen atoms in total. The van der Waals surface area contributed by atoms with Crippen molar-refractivity contribution in [3.05, 3.63) is 29.8 Å².